The molecule has 0 radical (unpaired) electrons. The zero-order valence-corrected chi connectivity index (χ0v) is 13.5. The fraction of sp³-hybridized carbons (Fsp3) is 0.474. The highest BCUT2D eigenvalue weighted by atomic mass is 16.3. The Kier molecular flexibility index (Phi) is 2.27. The van der Waals surface area contributed by atoms with Crippen LogP contribution in [0.4, 0.5) is 5.69 Å². The van der Waals surface area contributed by atoms with Crippen LogP contribution in [0.2, 0.25) is 0 Å². The van der Waals surface area contributed by atoms with Crippen LogP contribution in [0.5, 0.6) is 0 Å². The Morgan fingerprint density at radius 2 is 2.09 bits per heavy atom. The second-order valence-corrected chi connectivity index (χ2v) is 7.59. The summed E-state index contributed by atoms with van der Waals surface area (Å²) in [7, 11) is 0. The maximum absolute atomic E-state index is 12.2. The molecular weight excluding hydrogens is 288 g/mol. The number of hydrogen-bond acceptors (Lipinski definition) is 4. The molecule has 23 heavy (non-hydrogen) atoms. The molecule has 3 atom stereocenters. The average Bonchev–Trinajstić information content (AvgIpc) is 2.85. The number of carbonyl (C=O) groups excluding carboxylic acids is 1. The van der Waals surface area contributed by atoms with E-state index in [4.69, 9.17) is 4.99 Å². The lowest BCUT2D eigenvalue weighted by molar-refractivity contribution is -0.142. The van der Waals surface area contributed by atoms with Crippen molar-refractivity contribution in [1.82, 2.24) is 4.90 Å². The van der Waals surface area contributed by atoms with Crippen LogP contribution < -0.4 is 0 Å². The van der Waals surface area contributed by atoms with Gasteiger partial charge in [-0.15, -0.1) is 0 Å². The summed E-state index contributed by atoms with van der Waals surface area (Å²) in [5.41, 5.74) is 2.48. The van der Waals surface area contributed by atoms with Crippen molar-refractivity contribution < 1.29 is 9.90 Å². The third kappa shape index (κ3) is 1.29. The summed E-state index contributed by atoms with van der Waals surface area (Å²) in [5.74, 6) is 0.111. The van der Waals surface area contributed by atoms with Gasteiger partial charge in [-0.05, 0) is 31.9 Å². The highest BCUT2D eigenvalue weighted by Gasteiger charge is 2.68. The molecule has 2 bridgehead atoms. The Hall–Kier alpha value is -1.78. The summed E-state index contributed by atoms with van der Waals surface area (Å²) in [6.45, 7) is 5.38. The summed E-state index contributed by atoms with van der Waals surface area (Å²) in [6, 6.07) is 8.31. The predicted molar refractivity (Wildman–Crippen MR) is 88.1 cm³/mol. The van der Waals surface area contributed by atoms with Crippen LogP contribution >= 0.6 is 0 Å². The largest absolute Gasteiger partial charge is 0.383 e. The molecule has 0 unspecified atom stereocenters. The molecule has 4 aliphatic rings. The normalized spacial score (nSPS) is 41.1. The van der Waals surface area contributed by atoms with Crippen molar-refractivity contribution in [3.8, 4) is 0 Å². The molecule has 5 rings (SSSR count). The van der Waals surface area contributed by atoms with Crippen molar-refractivity contribution >= 4 is 17.2 Å². The number of hydrogen-bond donors (Lipinski definition) is 1. The van der Waals surface area contributed by atoms with Gasteiger partial charge in [0.25, 0.3) is 0 Å². The van der Waals surface area contributed by atoms with E-state index in [1.165, 1.54) is 5.56 Å². The monoisotopic (exact) mass is 308 g/mol. The summed E-state index contributed by atoms with van der Waals surface area (Å²) >= 11 is 0. The maximum Gasteiger partial charge on any atom is 0.150 e. The first-order valence-corrected chi connectivity index (χ1v) is 8.30. The molecule has 1 aromatic rings. The van der Waals surface area contributed by atoms with Gasteiger partial charge in [-0.2, -0.15) is 0 Å². The molecule has 3 heterocycles. The van der Waals surface area contributed by atoms with Gasteiger partial charge in [0, 0.05) is 13.0 Å². The van der Waals surface area contributed by atoms with E-state index in [0.717, 1.165) is 29.9 Å². The number of fused-ring (bicyclic) bond motifs is 1. The van der Waals surface area contributed by atoms with Gasteiger partial charge in [0.05, 0.1) is 28.9 Å². The van der Waals surface area contributed by atoms with Gasteiger partial charge >= 0.3 is 0 Å². The Morgan fingerprint density at radius 3 is 2.91 bits per heavy atom. The number of ketones is 1. The van der Waals surface area contributed by atoms with Crippen LogP contribution in [0.1, 0.15) is 32.3 Å². The van der Waals surface area contributed by atoms with Crippen LogP contribution in [-0.4, -0.2) is 45.7 Å². The lowest BCUT2D eigenvalue weighted by Crippen LogP contribution is -2.78. The van der Waals surface area contributed by atoms with E-state index in [0.29, 0.717) is 6.54 Å². The Labute approximate surface area is 135 Å². The number of allylic oxidation sites excluding steroid dienone is 1. The van der Waals surface area contributed by atoms with Crippen molar-refractivity contribution in [2.24, 2.45) is 4.99 Å². The van der Waals surface area contributed by atoms with Crippen LogP contribution in [-0.2, 0) is 10.2 Å². The van der Waals surface area contributed by atoms with Crippen LogP contribution in [0.15, 0.2) is 40.9 Å². The SMILES string of the molecule is CC1=C[C@@]2(O)CC(=O)CN3CC[C@]14C(=Nc1ccccc14)[C@]32C. The summed E-state index contributed by atoms with van der Waals surface area (Å²) in [6.07, 6.45) is 3.06. The molecule has 2 saturated heterocycles. The Bertz CT molecular complexity index is 826. The number of aliphatic hydroxyl groups is 1. The van der Waals surface area contributed by atoms with Gasteiger partial charge in [0.15, 0.2) is 0 Å². The van der Waals surface area contributed by atoms with E-state index in [2.05, 4.69) is 36.9 Å². The summed E-state index contributed by atoms with van der Waals surface area (Å²) in [5, 5.41) is 11.4. The van der Waals surface area contributed by atoms with Crippen molar-refractivity contribution in [2.45, 2.75) is 43.2 Å². The average molecular weight is 308 g/mol. The zero-order valence-electron chi connectivity index (χ0n) is 13.5. The van der Waals surface area contributed by atoms with Gasteiger partial charge in [-0.1, -0.05) is 29.8 Å². The van der Waals surface area contributed by atoms with Crippen molar-refractivity contribution in [1.29, 1.82) is 0 Å². The minimum Gasteiger partial charge on any atom is -0.383 e. The van der Waals surface area contributed by atoms with Gasteiger partial charge < -0.3 is 5.11 Å². The molecule has 0 amide bonds. The number of carbonyl (C=O) groups is 1. The Balaban J connectivity index is 1.87. The molecular formula is C19H20N2O2. The lowest BCUT2D eigenvalue weighted by atomic mass is 9.52. The fourth-order valence-corrected chi connectivity index (χ4v) is 5.46. The molecule has 0 spiro atoms. The second kappa shape index (κ2) is 3.82. The standard InChI is InChI=1S/C19H20N2O2/c1-12-9-18(23)10-13(22)11-21-8-7-19(12)14-5-3-4-6-15(14)20-16(19)17(18,21)2/h3-6,9,23H,7-8,10-11H2,1-2H3/t17-,18+,19-/m0/s1. The molecule has 4 heteroatoms. The second-order valence-electron chi connectivity index (χ2n) is 7.59. The number of para-hydroxylation sites is 1. The molecule has 1 N–H and O–H groups in total. The van der Waals surface area contributed by atoms with E-state index in [1.807, 2.05) is 12.1 Å². The fourth-order valence-electron chi connectivity index (χ4n) is 5.46. The van der Waals surface area contributed by atoms with Crippen molar-refractivity contribution in [2.75, 3.05) is 13.1 Å². The first-order valence-electron chi connectivity index (χ1n) is 8.30. The smallest absolute Gasteiger partial charge is 0.150 e. The number of piperidine rings is 2. The van der Waals surface area contributed by atoms with Gasteiger partial charge in [0.2, 0.25) is 0 Å². The summed E-state index contributed by atoms with van der Waals surface area (Å²) in [4.78, 5) is 19.3. The van der Waals surface area contributed by atoms with Gasteiger partial charge in [-0.3, -0.25) is 14.7 Å². The predicted octanol–water partition coefficient (Wildman–Crippen LogP) is 2.14. The molecule has 1 aliphatic carbocycles. The van der Waals surface area contributed by atoms with Gasteiger partial charge in [-0.25, -0.2) is 0 Å². The van der Waals surface area contributed by atoms with Crippen molar-refractivity contribution in [3.05, 3.63) is 41.5 Å². The number of rotatable bonds is 0. The number of benzene rings is 1. The Morgan fingerprint density at radius 1 is 1.30 bits per heavy atom. The minimum absolute atomic E-state index is 0.111. The zero-order chi connectivity index (χ0) is 16.0. The quantitative estimate of drug-likeness (QED) is 0.747. The molecule has 0 saturated carbocycles. The highest BCUT2D eigenvalue weighted by Crippen LogP contribution is 2.60. The number of Topliss-reactive ketones (excluding diaryl/α,β-unsaturated/α-hetero) is 1. The van der Waals surface area contributed by atoms with Crippen LogP contribution in [0, 0.1) is 0 Å². The third-order valence-electron chi connectivity index (χ3n) is 6.66. The highest BCUT2D eigenvalue weighted by molar-refractivity contribution is 6.13. The lowest BCUT2D eigenvalue weighted by Gasteiger charge is -2.63. The third-order valence-corrected chi connectivity index (χ3v) is 6.66. The van der Waals surface area contributed by atoms with Crippen LogP contribution in [0.25, 0.3) is 0 Å². The summed E-state index contributed by atoms with van der Waals surface area (Å²) < 4.78 is 0. The number of nitrogens with zero attached hydrogens (tertiary/aromatic N) is 2. The molecule has 3 aliphatic heterocycles. The topological polar surface area (TPSA) is 52.9 Å². The molecule has 1 aromatic carbocycles. The van der Waals surface area contributed by atoms with Crippen LogP contribution in [0.3, 0.4) is 0 Å². The van der Waals surface area contributed by atoms with Crippen molar-refractivity contribution in [3.63, 3.8) is 0 Å². The van der Waals surface area contributed by atoms with E-state index in [-0.39, 0.29) is 17.6 Å². The first-order chi connectivity index (χ1) is 10.9. The van der Waals surface area contributed by atoms with E-state index < -0.39 is 11.1 Å². The molecule has 118 valence electrons. The van der Waals surface area contributed by atoms with E-state index in [9.17, 15) is 9.90 Å². The molecule has 2 fully saturated rings. The first kappa shape index (κ1) is 13.6. The van der Waals surface area contributed by atoms with E-state index in [1.54, 1.807) is 0 Å². The molecule has 4 nitrogen and oxygen atoms in total. The molecule has 0 aromatic heterocycles. The maximum atomic E-state index is 12.2. The number of aliphatic imine (C=N–C) groups is 1. The van der Waals surface area contributed by atoms with Gasteiger partial charge in [0.1, 0.15) is 11.4 Å². The minimum atomic E-state index is -1.16. The van der Waals surface area contributed by atoms with E-state index >= 15 is 0 Å².